The molecule has 124 valence electrons. The lowest BCUT2D eigenvalue weighted by atomic mass is 10.2. The van der Waals surface area contributed by atoms with Crippen molar-refractivity contribution in [2.45, 2.75) is 39.8 Å². The molecular formula is C16H21ClN4OS. The van der Waals surface area contributed by atoms with Gasteiger partial charge in [0.25, 0.3) is 0 Å². The molecule has 0 amide bonds. The van der Waals surface area contributed by atoms with Crippen LogP contribution in [0.3, 0.4) is 0 Å². The number of nitrogens with one attached hydrogen (secondary N) is 1. The Bertz CT molecular complexity index is 642. The molecule has 0 unspecified atom stereocenters. The molecule has 1 heterocycles. The number of benzene rings is 1. The van der Waals surface area contributed by atoms with E-state index in [4.69, 9.17) is 28.2 Å². The Labute approximate surface area is 147 Å². The van der Waals surface area contributed by atoms with Gasteiger partial charge < -0.3 is 14.6 Å². The summed E-state index contributed by atoms with van der Waals surface area (Å²) in [7, 11) is 0. The molecule has 23 heavy (non-hydrogen) atoms. The van der Waals surface area contributed by atoms with E-state index in [0.717, 1.165) is 18.5 Å². The fourth-order valence-electron chi connectivity index (χ4n) is 1.99. The first-order valence-electron chi connectivity index (χ1n) is 7.64. The summed E-state index contributed by atoms with van der Waals surface area (Å²) in [5.41, 5.74) is 0.843. The zero-order chi connectivity index (χ0) is 16.8. The van der Waals surface area contributed by atoms with Crippen LogP contribution >= 0.6 is 23.8 Å². The van der Waals surface area contributed by atoms with Gasteiger partial charge in [-0.15, -0.1) is 10.2 Å². The normalized spacial score (nSPS) is 10.8. The Kier molecular flexibility index (Phi) is 6.36. The smallest absolute Gasteiger partial charge is 0.247 e. The van der Waals surface area contributed by atoms with Crippen molar-refractivity contribution in [1.82, 2.24) is 20.4 Å². The zero-order valence-corrected chi connectivity index (χ0v) is 15.1. The van der Waals surface area contributed by atoms with E-state index in [1.54, 1.807) is 12.1 Å². The number of halogens is 1. The molecule has 1 aromatic carbocycles. The predicted molar refractivity (Wildman–Crippen MR) is 96.3 cm³/mol. The van der Waals surface area contributed by atoms with Crippen LogP contribution in [-0.2, 0) is 6.54 Å². The summed E-state index contributed by atoms with van der Waals surface area (Å²) in [5.74, 6) is 1.01. The summed E-state index contributed by atoms with van der Waals surface area (Å²) in [6.07, 6.45) is 1.02. The van der Waals surface area contributed by atoms with E-state index in [-0.39, 0.29) is 6.04 Å². The first-order valence-corrected chi connectivity index (χ1v) is 8.42. The Morgan fingerprint density at radius 3 is 2.61 bits per heavy atom. The maximum atomic E-state index is 5.89. The van der Waals surface area contributed by atoms with Gasteiger partial charge in [0.05, 0.1) is 6.54 Å². The van der Waals surface area contributed by atoms with Gasteiger partial charge in [0.2, 0.25) is 11.8 Å². The second-order valence-corrected chi connectivity index (χ2v) is 6.28. The van der Waals surface area contributed by atoms with Crippen LogP contribution in [0.1, 0.15) is 33.1 Å². The molecule has 0 spiro atoms. The molecule has 0 atom stereocenters. The van der Waals surface area contributed by atoms with Crippen molar-refractivity contribution in [3.05, 3.63) is 35.2 Å². The summed E-state index contributed by atoms with van der Waals surface area (Å²) in [4.78, 5) is 2.03. The summed E-state index contributed by atoms with van der Waals surface area (Å²) >= 11 is 11.3. The molecule has 0 aliphatic rings. The van der Waals surface area contributed by atoms with Crippen molar-refractivity contribution in [2.24, 2.45) is 0 Å². The van der Waals surface area contributed by atoms with E-state index in [1.165, 1.54) is 0 Å². The largest absolute Gasteiger partial charge is 0.419 e. The van der Waals surface area contributed by atoms with Crippen molar-refractivity contribution in [1.29, 1.82) is 0 Å². The van der Waals surface area contributed by atoms with Gasteiger partial charge in [0.15, 0.2) is 5.11 Å². The van der Waals surface area contributed by atoms with Crippen LogP contribution in [-0.4, -0.2) is 32.8 Å². The summed E-state index contributed by atoms with van der Waals surface area (Å²) in [6.45, 7) is 7.59. The first kappa shape index (κ1) is 17.7. The van der Waals surface area contributed by atoms with E-state index in [2.05, 4.69) is 36.3 Å². The van der Waals surface area contributed by atoms with Crippen molar-refractivity contribution < 1.29 is 4.42 Å². The number of hydrogen-bond donors (Lipinski definition) is 1. The van der Waals surface area contributed by atoms with Gasteiger partial charge in [0.1, 0.15) is 0 Å². The topological polar surface area (TPSA) is 54.2 Å². The molecule has 0 saturated heterocycles. The molecule has 5 nitrogen and oxygen atoms in total. The van der Waals surface area contributed by atoms with E-state index < -0.39 is 0 Å². The first-order chi connectivity index (χ1) is 11.0. The summed E-state index contributed by atoms with van der Waals surface area (Å²) in [6, 6.07) is 7.54. The second-order valence-electron chi connectivity index (χ2n) is 5.46. The zero-order valence-electron chi connectivity index (χ0n) is 13.5. The fourth-order valence-corrected chi connectivity index (χ4v) is 2.50. The molecule has 0 bridgehead atoms. The molecule has 7 heteroatoms. The number of nitrogens with zero attached hydrogens (tertiary/aromatic N) is 3. The monoisotopic (exact) mass is 352 g/mol. The third-order valence-electron chi connectivity index (χ3n) is 3.27. The minimum absolute atomic E-state index is 0.234. The third-order valence-corrected chi connectivity index (χ3v) is 3.90. The fraction of sp³-hybridized carbons (Fsp3) is 0.438. The second kappa shape index (κ2) is 8.26. The molecule has 0 fully saturated rings. The van der Waals surface area contributed by atoms with Crippen LogP contribution in [0.2, 0.25) is 5.02 Å². The quantitative estimate of drug-likeness (QED) is 0.796. The van der Waals surface area contributed by atoms with Crippen LogP contribution in [0.5, 0.6) is 0 Å². The van der Waals surface area contributed by atoms with Gasteiger partial charge >= 0.3 is 0 Å². The lowest BCUT2D eigenvalue weighted by Crippen LogP contribution is -2.43. The molecule has 1 N–H and O–H groups in total. The molecule has 2 aromatic rings. The van der Waals surface area contributed by atoms with Crippen LogP contribution in [0.15, 0.2) is 28.7 Å². The maximum absolute atomic E-state index is 5.89. The minimum Gasteiger partial charge on any atom is -0.419 e. The SMILES string of the molecule is CCCNC(=S)N(Cc1nnc(-c2ccc(Cl)cc2)o1)C(C)C. The highest BCUT2D eigenvalue weighted by atomic mass is 35.5. The van der Waals surface area contributed by atoms with Gasteiger partial charge in [-0.25, -0.2) is 0 Å². The average molecular weight is 353 g/mol. The third kappa shape index (κ3) is 4.91. The lowest BCUT2D eigenvalue weighted by molar-refractivity contribution is 0.301. The Balaban J connectivity index is 2.09. The highest BCUT2D eigenvalue weighted by Gasteiger charge is 2.17. The van der Waals surface area contributed by atoms with Crippen molar-refractivity contribution in [3.63, 3.8) is 0 Å². The molecular weight excluding hydrogens is 332 g/mol. The number of thiocarbonyl (C=S) groups is 1. The summed E-state index contributed by atoms with van der Waals surface area (Å²) in [5, 5.41) is 12.8. The molecule has 2 rings (SSSR count). The van der Waals surface area contributed by atoms with Crippen molar-refractivity contribution in [3.8, 4) is 11.5 Å². The van der Waals surface area contributed by atoms with Gasteiger partial charge in [-0.2, -0.15) is 0 Å². The van der Waals surface area contributed by atoms with Crippen molar-refractivity contribution in [2.75, 3.05) is 6.54 Å². The van der Waals surface area contributed by atoms with Crippen LogP contribution < -0.4 is 5.32 Å². The van der Waals surface area contributed by atoms with Crippen LogP contribution in [0.25, 0.3) is 11.5 Å². The van der Waals surface area contributed by atoms with Crippen LogP contribution in [0.4, 0.5) is 0 Å². The van der Waals surface area contributed by atoms with Crippen molar-refractivity contribution >= 4 is 28.9 Å². The molecule has 0 aliphatic heterocycles. The number of rotatable bonds is 6. The van der Waals surface area contributed by atoms with Gasteiger partial charge in [-0.1, -0.05) is 18.5 Å². The maximum Gasteiger partial charge on any atom is 0.247 e. The average Bonchev–Trinajstić information content (AvgIpc) is 2.99. The Morgan fingerprint density at radius 1 is 1.30 bits per heavy atom. The highest BCUT2D eigenvalue weighted by Crippen LogP contribution is 2.21. The molecule has 0 saturated carbocycles. The minimum atomic E-state index is 0.234. The predicted octanol–water partition coefficient (Wildman–Crippen LogP) is 3.88. The molecule has 0 aliphatic carbocycles. The highest BCUT2D eigenvalue weighted by molar-refractivity contribution is 7.80. The van der Waals surface area contributed by atoms with E-state index >= 15 is 0 Å². The molecule has 0 radical (unpaired) electrons. The van der Waals surface area contributed by atoms with Crippen LogP contribution in [0, 0.1) is 0 Å². The Morgan fingerprint density at radius 2 is 2.00 bits per heavy atom. The van der Waals surface area contributed by atoms with E-state index in [9.17, 15) is 0 Å². The lowest BCUT2D eigenvalue weighted by Gasteiger charge is -2.28. The van der Waals surface area contributed by atoms with Gasteiger partial charge in [0, 0.05) is 23.2 Å². The Hall–Kier alpha value is -1.66. The molecule has 1 aromatic heterocycles. The number of aromatic nitrogens is 2. The van der Waals surface area contributed by atoms with E-state index in [0.29, 0.717) is 28.5 Å². The van der Waals surface area contributed by atoms with Gasteiger partial charge in [-0.05, 0) is 56.8 Å². The van der Waals surface area contributed by atoms with Gasteiger partial charge in [-0.3, -0.25) is 0 Å². The van der Waals surface area contributed by atoms with E-state index in [1.807, 2.05) is 17.0 Å². The standard InChI is InChI=1S/C16H21ClN4OS/c1-4-9-18-16(23)21(11(2)3)10-14-19-20-15(22-14)12-5-7-13(17)8-6-12/h5-8,11H,4,9-10H2,1-3H3,(H,18,23). The summed E-state index contributed by atoms with van der Waals surface area (Å²) < 4.78 is 5.75. The number of hydrogen-bond acceptors (Lipinski definition) is 4.